The van der Waals surface area contributed by atoms with Gasteiger partial charge in [0.15, 0.2) is 0 Å². The Labute approximate surface area is 198 Å². The fourth-order valence-corrected chi connectivity index (χ4v) is 4.45. The summed E-state index contributed by atoms with van der Waals surface area (Å²) in [4.78, 5) is 11.6. The standard InChI is InChI=1S/C28H35N5/c1-33(2)27-25-14-8-9-15-26(25)31-28(32-27)30-24-18-16-23(17-19-24)21-29-20-10-4-7-13-22-11-5-3-6-12-22/h3,5-6,8-9,11-12,14-15,23-24,29H,4,10,16-21H2,1-2H3,(H,30,31,32)/t23-,24+. The molecule has 0 spiro atoms. The van der Waals surface area contributed by atoms with Gasteiger partial charge in [-0.25, -0.2) is 4.98 Å². The molecular formula is C28H35N5. The van der Waals surface area contributed by atoms with E-state index < -0.39 is 0 Å². The lowest BCUT2D eigenvalue weighted by Gasteiger charge is -2.29. The van der Waals surface area contributed by atoms with E-state index in [-0.39, 0.29) is 0 Å². The quantitative estimate of drug-likeness (QED) is 0.377. The third-order valence-corrected chi connectivity index (χ3v) is 6.28. The Morgan fingerprint density at radius 1 is 0.939 bits per heavy atom. The number of nitrogens with zero attached hydrogens (tertiary/aromatic N) is 3. The molecule has 0 unspecified atom stereocenters. The van der Waals surface area contributed by atoms with Gasteiger partial charge in [0.05, 0.1) is 5.52 Å². The van der Waals surface area contributed by atoms with Crippen LogP contribution in [0.15, 0.2) is 54.6 Å². The van der Waals surface area contributed by atoms with E-state index >= 15 is 0 Å². The Morgan fingerprint density at radius 2 is 1.70 bits per heavy atom. The van der Waals surface area contributed by atoms with Gasteiger partial charge in [0.25, 0.3) is 0 Å². The summed E-state index contributed by atoms with van der Waals surface area (Å²) in [7, 11) is 4.07. The Bertz CT molecular complexity index is 1080. The van der Waals surface area contributed by atoms with Crippen molar-refractivity contribution < 1.29 is 0 Å². The van der Waals surface area contributed by atoms with Crippen molar-refractivity contribution in [3.8, 4) is 11.8 Å². The maximum atomic E-state index is 4.80. The number of unbranched alkanes of at least 4 members (excludes halogenated alkanes) is 1. The summed E-state index contributed by atoms with van der Waals surface area (Å²) in [5.41, 5.74) is 2.09. The second-order valence-corrected chi connectivity index (χ2v) is 9.12. The molecule has 0 atom stereocenters. The number of benzene rings is 2. The average molecular weight is 442 g/mol. The molecule has 0 amide bonds. The van der Waals surface area contributed by atoms with Crippen LogP contribution in [0, 0.1) is 17.8 Å². The molecule has 172 valence electrons. The maximum absolute atomic E-state index is 4.80. The summed E-state index contributed by atoms with van der Waals surface area (Å²) < 4.78 is 0. The van der Waals surface area contributed by atoms with Crippen LogP contribution in [0.4, 0.5) is 11.8 Å². The zero-order valence-electron chi connectivity index (χ0n) is 19.8. The highest BCUT2D eigenvalue weighted by Crippen LogP contribution is 2.28. The van der Waals surface area contributed by atoms with Gasteiger partial charge in [-0.1, -0.05) is 42.2 Å². The fraction of sp³-hybridized carbons (Fsp3) is 0.429. The van der Waals surface area contributed by atoms with Crippen molar-refractivity contribution in [1.29, 1.82) is 0 Å². The molecule has 5 heteroatoms. The van der Waals surface area contributed by atoms with Gasteiger partial charge in [0.1, 0.15) is 5.82 Å². The molecule has 1 aliphatic carbocycles. The lowest BCUT2D eigenvalue weighted by Crippen LogP contribution is -2.32. The number of hydrogen-bond donors (Lipinski definition) is 2. The number of fused-ring (bicyclic) bond motifs is 1. The monoisotopic (exact) mass is 441 g/mol. The van der Waals surface area contributed by atoms with Crippen molar-refractivity contribution in [2.45, 2.75) is 44.6 Å². The fourth-order valence-electron chi connectivity index (χ4n) is 4.45. The normalized spacial score (nSPS) is 17.9. The molecule has 1 aromatic heterocycles. The van der Waals surface area contributed by atoms with Gasteiger partial charge in [0.2, 0.25) is 5.95 Å². The first kappa shape index (κ1) is 23.1. The first-order valence-electron chi connectivity index (χ1n) is 12.1. The molecule has 2 N–H and O–H groups in total. The molecule has 1 saturated carbocycles. The summed E-state index contributed by atoms with van der Waals surface area (Å²) >= 11 is 0. The summed E-state index contributed by atoms with van der Waals surface area (Å²) in [6, 6.07) is 18.9. The molecule has 1 heterocycles. The number of aromatic nitrogens is 2. The van der Waals surface area contributed by atoms with Gasteiger partial charge < -0.3 is 15.5 Å². The zero-order valence-corrected chi connectivity index (χ0v) is 19.8. The van der Waals surface area contributed by atoms with Crippen molar-refractivity contribution in [2.24, 2.45) is 5.92 Å². The van der Waals surface area contributed by atoms with Crippen LogP contribution < -0.4 is 15.5 Å². The average Bonchev–Trinajstić information content (AvgIpc) is 2.84. The van der Waals surface area contributed by atoms with Crippen LogP contribution in [0.1, 0.15) is 44.1 Å². The second-order valence-electron chi connectivity index (χ2n) is 9.12. The summed E-state index contributed by atoms with van der Waals surface area (Å²) in [5.74, 6) is 8.98. The molecule has 0 saturated heterocycles. The third-order valence-electron chi connectivity index (χ3n) is 6.28. The Balaban J connectivity index is 1.17. The van der Waals surface area contributed by atoms with Crippen LogP contribution in [0.5, 0.6) is 0 Å². The molecule has 1 fully saturated rings. The highest BCUT2D eigenvalue weighted by atomic mass is 15.2. The summed E-state index contributed by atoms with van der Waals surface area (Å²) in [5, 5.41) is 8.34. The Morgan fingerprint density at radius 3 is 2.48 bits per heavy atom. The van der Waals surface area contributed by atoms with Gasteiger partial charge in [-0.2, -0.15) is 4.98 Å². The van der Waals surface area contributed by atoms with Crippen LogP contribution in [0.2, 0.25) is 0 Å². The molecule has 0 bridgehead atoms. The molecule has 2 aromatic carbocycles. The van der Waals surface area contributed by atoms with Crippen LogP contribution in [-0.4, -0.2) is 43.2 Å². The third kappa shape index (κ3) is 6.69. The largest absolute Gasteiger partial charge is 0.362 e. The number of para-hydroxylation sites is 1. The van der Waals surface area contributed by atoms with Crippen molar-refractivity contribution in [1.82, 2.24) is 15.3 Å². The van der Waals surface area contributed by atoms with Crippen molar-refractivity contribution in [3.05, 3.63) is 60.2 Å². The lowest BCUT2D eigenvalue weighted by atomic mass is 9.86. The van der Waals surface area contributed by atoms with E-state index in [0.717, 1.165) is 60.1 Å². The lowest BCUT2D eigenvalue weighted by molar-refractivity contribution is 0.324. The maximum Gasteiger partial charge on any atom is 0.225 e. The predicted molar refractivity (Wildman–Crippen MR) is 139 cm³/mol. The molecule has 0 radical (unpaired) electrons. The Hall–Kier alpha value is -3.10. The predicted octanol–water partition coefficient (Wildman–Crippen LogP) is 5.09. The van der Waals surface area contributed by atoms with Gasteiger partial charge in [-0.05, 0) is 75.4 Å². The minimum Gasteiger partial charge on any atom is -0.362 e. The minimum absolute atomic E-state index is 0.450. The van der Waals surface area contributed by atoms with E-state index in [0.29, 0.717) is 6.04 Å². The van der Waals surface area contributed by atoms with E-state index in [1.165, 1.54) is 25.7 Å². The van der Waals surface area contributed by atoms with Crippen LogP contribution in [0.25, 0.3) is 10.9 Å². The number of rotatable bonds is 8. The van der Waals surface area contributed by atoms with Gasteiger partial charge >= 0.3 is 0 Å². The first-order chi connectivity index (χ1) is 16.2. The first-order valence-corrected chi connectivity index (χ1v) is 12.1. The number of nitrogens with one attached hydrogen (secondary N) is 2. The minimum atomic E-state index is 0.450. The van der Waals surface area contributed by atoms with Crippen molar-refractivity contribution >= 4 is 22.7 Å². The Kier molecular flexibility index (Phi) is 8.16. The van der Waals surface area contributed by atoms with Crippen molar-refractivity contribution in [3.63, 3.8) is 0 Å². The zero-order chi connectivity index (χ0) is 22.9. The molecule has 0 aliphatic heterocycles. The number of anilines is 2. The van der Waals surface area contributed by atoms with E-state index in [1.54, 1.807) is 0 Å². The van der Waals surface area contributed by atoms with Crippen LogP contribution in [0.3, 0.4) is 0 Å². The smallest absolute Gasteiger partial charge is 0.225 e. The molecule has 4 rings (SSSR count). The van der Waals surface area contributed by atoms with Gasteiger partial charge in [-0.3, -0.25) is 0 Å². The molecular weight excluding hydrogens is 406 g/mol. The second kappa shape index (κ2) is 11.7. The van der Waals surface area contributed by atoms with E-state index in [2.05, 4.69) is 51.6 Å². The SMILES string of the molecule is CN(C)c1nc(N[C@H]2CC[C@@H](CNCCCC#Cc3ccccc3)CC2)nc2ccccc12. The van der Waals surface area contributed by atoms with E-state index in [1.807, 2.05) is 44.4 Å². The highest BCUT2D eigenvalue weighted by molar-refractivity contribution is 5.90. The number of hydrogen-bond acceptors (Lipinski definition) is 5. The van der Waals surface area contributed by atoms with Gasteiger partial charge in [0, 0.05) is 37.5 Å². The van der Waals surface area contributed by atoms with E-state index in [9.17, 15) is 0 Å². The molecule has 1 aliphatic rings. The molecule has 5 nitrogen and oxygen atoms in total. The van der Waals surface area contributed by atoms with E-state index in [4.69, 9.17) is 9.97 Å². The van der Waals surface area contributed by atoms with Crippen molar-refractivity contribution in [2.75, 3.05) is 37.4 Å². The summed E-state index contributed by atoms with van der Waals surface area (Å²) in [6.45, 7) is 2.15. The van der Waals surface area contributed by atoms with Gasteiger partial charge in [-0.15, -0.1) is 0 Å². The topological polar surface area (TPSA) is 53.1 Å². The molecule has 3 aromatic rings. The summed E-state index contributed by atoms with van der Waals surface area (Å²) in [6.07, 6.45) is 6.87. The molecule has 33 heavy (non-hydrogen) atoms. The van der Waals surface area contributed by atoms with Crippen LogP contribution >= 0.6 is 0 Å². The highest BCUT2D eigenvalue weighted by Gasteiger charge is 2.22. The van der Waals surface area contributed by atoms with Crippen LogP contribution in [-0.2, 0) is 0 Å².